The molecule has 0 radical (unpaired) electrons. The molecule has 0 aromatic carbocycles. The van der Waals surface area contributed by atoms with Crippen molar-refractivity contribution in [3.05, 3.63) is 0 Å². The number of hydrogen-bond donors (Lipinski definition) is 3. The first kappa shape index (κ1) is 13.1. The van der Waals surface area contributed by atoms with Gasteiger partial charge in [0.1, 0.15) is 5.71 Å². The average Bonchev–Trinajstić information content (AvgIpc) is 2.29. The van der Waals surface area contributed by atoms with Crippen molar-refractivity contribution in [2.45, 2.75) is 32.1 Å². The number of hydrogen-bond acceptors (Lipinski definition) is 4. The van der Waals surface area contributed by atoms with Crippen LogP contribution in [0.2, 0.25) is 0 Å². The average molecular weight is 241 g/mol. The molecular weight excluding hydrogens is 226 g/mol. The van der Waals surface area contributed by atoms with Crippen LogP contribution in [0.4, 0.5) is 0 Å². The van der Waals surface area contributed by atoms with Gasteiger partial charge < -0.3 is 10.4 Å². The van der Waals surface area contributed by atoms with Gasteiger partial charge in [-0.3, -0.25) is 14.4 Å². The maximum atomic E-state index is 11.5. The van der Waals surface area contributed by atoms with E-state index in [1.165, 1.54) is 0 Å². The first-order chi connectivity index (χ1) is 8.09. The standard InChI is InChI=1S/C10H15N3O4/c14-8-5-4-7(12-13-8)10(17)11-6-2-1-3-9(15)16/h1-6H2,(H,11,17)(H,13,14)(H,15,16). The maximum Gasteiger partial charge on any atom is 0.303 e. The normalized spacial score (nSPS) is 14.8. The lowest BCUT2D eigenvalue weighted by Gasteiger charge is -2.11. The molecule has 0 spiro atoms. The van der Waals surface area contributed by atoms with Crippen molar-refractivity contribution in [3.63, 3.8) is 0 Å². The number of nitrogens with zero attached hydrogens (tertiary/aromatic N) is 1. The summed E-state index contributed by atoms with van der Waals surface area (Å²) in [5.74, 6) is -1.33. The molecule has 0 aromatic heterocycles. The molecule has 0 aliphatic carbocycles. The Bertz CT molecular complexity index is 351. The summed E-state index contributed by atoms with van der Waals surface area (Å²) >= 11 is 0. The number of carbonyl (C=O) groups is 3. The van der Waals surface area contributed by atoms with Crippen LogP contribution in [-0.4, -0.2) is 35.1 Å². The molecule has 0 unspecified atom stereocenters. The van der Waals surface area contributed by atoms with E-state index in [4.69, 9.17) is 5.11 Å². The van der Waals surface area contributed by atoms with Crippen LogP contribution in [0.15, 0.2) is 5.10 Å². The zero-order chi connectivity index (χ0) is 12.7. The van der Waals surface area contributed by atoms with E-state index >= 15 is 0 Å². The zero-order valence-electron chi connectivity index (χ0n) is 9.36. The van der Waals surface area contributed by atoms with Gasteiger partial charge in [-0.05, 0) is 12.8 Å². The maximum absolute atomic E-state index is 11.5. The van der Waals surface area contributed by atoms with Gasteiger partial charge in [0.25, 0.3) is 5.91 Å². The number of hydrazone groups is 1. The Morgan fingerprint density at radius 1 is 1.35 bits per heavy atom. The Hall–Kier alpha value is -1.92. The first-order valence-corrected chi connectivity index (χ1v) is 5.45. The van der Waals surface area contributed by atoms with Crippen LogP contribution >= 0.6 is 0 Å². The van der Waals surface area contributed by atoms with Gasteiger partial charge >= 0.3 is 5.97 Å². The molecule has 1 aliphatic heterocycles. The molecule has 94 valence electrons. The Kier molecular flexibility index (Phi) is 5.12. The summed E-state index contributed by atoms with van der Waals surface area (Å²) in [5, 5.41) is 14.7. The van der Waals surface area contributed by atoms with E-state index in [1.54, 1.807) is 0 Å². The van der Waals surface area contributed by atoms with Crippen molar-refractivity contribution in [2.24, 2.45) is 5.10 Å². The predicted octanol–water partition coefficient (Wildman–Crippen LogP) is -0.377. The topological polar surface area (TPSA) is 108 Å². The van der Waals surface area contributed by atoms with E-state index in [1.807, 2.05) is 0 Å². The number of aliphatic carboxylic acids is 1. The summed E-state index contributed by atoms with van der Waals surface area (Å²) in [6, 6.07) is 0. The van der Waals surface area contributed by atoms with Crippen molar-refractivity contribution >= 4 is 23.5 Å². The molecule has 7 nitrogen and oxygen atoms in total. The number of amides is 2. The summed E-state index contributed by atoms with van der Waals surface area (Å²) in [4.78, 5) is 32.5. The minimum absolute atomic E-state index is 0.104. The molecular formula is C10H15N3O4. The number of carbonyl (C=O) groups excluding carboxylic acids is 2. The third-order valence-electron chi connectivity index (χ3n) is 2.27. The second-order valence-electron chi connectivity index (χ2n) is 3.70. The summed E-state index contributed by atoms with van der Waals surface area (Å²) in [6.07, 6.45) is 1.85. The van der Waals surface area contributed by atoms with E-state index in [2.05, 4.69) is 15.8 Å². The Morgan fingerprint density at radius 3 is 2.71 bits per heavy atom. The highest BCUT2D eigenvalue weighted by Gasteiger charge is 2.17. The molecule has 0 saturated carbocycles. The summed E-state index contributed by atoms with van der Waals surface area (Å²) in [7, 11) is 0. The van der Waals surface area contributed by atoms with Gasteiger partial charge in [0, 0.05) is 25.8 Å². The van der Waals surface area contributed by atoms with Gasteiger partial charge in [0.05, 0.1) is 0 Å². The van der Waals surface area contributed by atoms with Crippen LogP contribution in [0.5, 0.6) is 0 Å². The summed E-state index contributed by atoms with van der Waals surface area (Å²) in [5.41, 5.74) is 2.55. The zero-order valence-corrected chi connectivity index (χ0v) is 9.36. The van der Waals surface area contributed by atoms with Crippen molar-refractivity contribution in [3.8, 4) is 0 Å². The van der Waals surface area contributed by atoms with Gasteiger partial charge in [0.2, 0.25) is 5.91 Å². The second kappa shape index (κ2) is 6.62. The smallest absolute Gasteiger partial charge is 0.303 e. The molecule has 0 fully saturated rings. The highest BCUT2D eigenvalue weighted by atomic mass is 16.4. The SMILES string of the molecule is O=C(O)CCCCNC(=O)C1=NNC(=O)CC1. The summed E-state index contributed by atoms with van der Waals surface area (Å²) < 4.78 is 0. The van der Waals surface area contributed by atoms with Crippen LogP contribution in [-0.2, 0) is 14.4 Å². The minimum atomic E-state index is -0.837. The predicted molar refractivity (Wildman–Crippen MR) is 59.3 cm³/mol. The third kappa shape index (κ3) is 5.10. The minimum Gasteiger partial charge on any atom is -0.481 e. The molecule has 3 N–H and O–H groups in total. The molecule has 1 rings (SSSR count). The number of rotatable bonds is 6. The lowest BCUT2D eigenvalue weighted by molar-refractivity contribution is -0.137. The van der Waals surface area contributed by atoms with E-state index in [0.29, 0.717) is 31.5 Å². The highest BCUT2D eigenvalue weighted by Crippen LogP contribution is 2.00. The van der Waals surface area contributed by atoms with E-state index in [9.17, 15) is 14.4 Å². The fraction of sp³-hybridized carbons (Fsp3) is 0.600. The monoisotopic (exact) mass is 241 g/mol. The fourth-order valence-corrected chi connectivity index (χ4v) is 1.34. The number of unbranched alkanes of at least 4 members (excludes halogenated alkanes) is 1. The molecule has 1 aliphatic rings. The number of carboxylic acid groups (broad SMARTS) is 1. The van der Waals surface area contributed by atoms with Gasteiger partial charge in [0.15, 0.2) is 0 Å². The molecule has 2 amide bonds. The molecule has 0 atom stereocenters. The van der Waals surface area contributed by atoms with Crippen LogP contribution in [0.25, 0.3) is 0 Å². The number of carboxylic acids is 1. The van der Waals surface area contributed by atoms with Gasteiger partial charge in [-0.15, -0.1) is 0 Å². The first-order valence-electron chi connectivity index (χ1n) is 5.45. The van der Waals surface area contributed by atoms with Crippen LogP contribution < -0.4 is 10.7 Å². The van der Waals surface area contributed by atoms with Crippen LogP contribution in [0, 0.1) is 0 Å². The largest absolute Gasteiger partial charge is 0.481 e. The Morgan fingerprint density at radius 2 is 2.12 bits per heavy atom. The fourth-order valence-electron chi connectivity index (χ4n) is 1.34. The lowest BCUT2D eigenvalue weighted by Crippen LogP contribution is -2.37. The third-order valence-corrected chi connectivity index (χ3v) is 2.27. The highest BCUT2D eigenvalue weighted by molar-refractivity contribution is 6.39. The van der Waals surface area contributed by atoms with Gasteiger partial charge in [-0.1, -0.05) is 0 Å². The summed E-state index contributed by atoms with van der Waals surface area (Å²) in [6.45, 7) is 0.416. The van der Waals surface area contributed by atoms with Crippen molar-refractivity contribution < 1.29 is 19.5 Å². The Balaban J connectivity index is 2.17. The van der Waals surface area contributed by atoms with Crippen molar-refractivity contribution in [1.29, 1.82) is 0 Å². The van der Waals surface area contributed by atoms with Crippen molar-refractivity contribution in [1.82, 2.24) is 10.7 Å². The molecule has 7 heteroatoms. The molecule has 0 saturated heterocycles. The molecule has 0 aromatic rings. The van der Waals surface area contributed by atoms with E-state index in [-0.39, 0.29) is 24.7 Å². The van der Waals surface area contributed by atoms with Crippen molar-refractivity contribution in [2.75, 3.05) is 6.54 Å². The van der Waals surface area contributed by atoms with E-state index < -0.39 is 5.97 Å². The van der Waals surface area contributed by atoms with E-state index in [0.717, 1.165) is 0 Å². The Labute approximate surface area is 98.3 Å². The molecule has 0 bridgehead atoms. The van der Waals surface area contributed by atoms with Crippen LogP contribution in [0.3, 0.4) is 0 Å². The van der Waals surface area contributed by atoms with Gasteiger partial charge in [-0.25, -0.2) is 5.43 Å². The quantitative estimate of drug-likeness (QED) is 0.551. The molecule has 1 heterocycles. The second-order valence-corrected chi connectivity index (χ2v) is 3.70. The van der Waals surface area contributed by atoms with Crippen LogP contribution in [0.1, 0.15) is 32.1 Å². The molecule has 17 heavy (non-hydrogen) atoms. The number of nitrogens with one attached hydrogen (secondary N) is 2. The van der Waals surface area contributed by atoms with Gasteiger partial charge in [-0.2, -0.15) is 5.10 Å². The lowest BCUT2D eigenvalue weighted by atomic mass is 10.1.